The molecular weight excluding hydrogens is 675 g/mol. The van der Waals surface area contributed by atoms with Crippen LogP contribution in [-0.4, -0.2) is 14.5 Å². The van der Waals surface area contributed by atoms with Crippen LogP contribution in [0.3, 0.4) is 0 Å². The molecule has 0 unspecified atom stereocenters. The minimum absolute atomic E-state index is 0.572. The van der Waals surface area contributed by atoms with Crippen LogP contribution in [-0.2, 0) is 0 Å². The van der Waals surface area contributed by atoms with Crippen molar-refractivity contribution in [1.29, 1.82) is 0 Å². The summed E-state index contributed by atoms with van der Waals surface area (Å²) in [5.41, 5.74) is 11.8. The number of benzene rings is 8. The molecule has 0 amide bonds. The number of rotatable bonds is 4. The third-order valence-corrected chi connectivity index (χ3v) is 11.0. The Hall–Kier alpha value is -7.50. The van der Waals surface area contributed by atoms with E-state index >= 15 is 0 Å². The van der Waals surface area contributed by atoms with Gasteiger partial charge >= 0.3 is 0 Å². The second-order valence-corrected chi connectivity index (χ2v) is 14.1. The number of hydrogen-bond acceptors (Lipinski definition) is 4. The summed E-state index contributed by atoms with van der Waals surface area (Å²) in [6.45, 7) is 0. The van der Waals surface area contributed by atoms with Gasteiger partial charge in [-0.1, -0.05) is 127 Å². The van der Waals surface area contributed by atoms with Crippen LogP contribution in [0, 0.1) is 0 Å². The fraction of sp³-hybridized carbons (Fsp3) is 0. The maximum absolute atomic E-state index is 6.86. The largest absolute Gasteiger partial charge is 0.455 e. The van der Waals surface area contributed by atoms with Crippen molar-refractivity contribution in [3.05, 3.63) is 176 Å². The topological polar surface area (TPSA) is 57.0 Å². The van der Waals surface area contributed by atoms with Gasteiger partial charge in [0.25, 0.3) is 0 Å². The Morgan fingerprint density at radius 3 is 1.93 bits per heavy atom. The number of furan rings is 2. The van der Waals surface area contributed by atoms with E-state index in [0.717, 1.165) is 83.1 Å². The molecule has 55 heavy (non-hydrogen) atoms. The van der Waals surface area contributed by atoms with Crippen molar-refractivity contribution >= 4 is 76.6 Å². The van der Waals surface area contributed by atoms with Crippen LogP contribution in [0.5, 0.6) is 0 Å². The lowest BCUT2D eigenvalue weighted by molar-refractivity contribution is 0.666. The summed E-state index contributed by atoms with van der Waals surface area (Å²) in [6.07, 6.45) is 0. The Labute approximate surface area is 314 Å². The van der Waals surface area contributed by atoms with Crippen LogP contribution in [0.2, 0.25) is 0 Å². The normalized spacial score (nSPS) is 12.0. The second kappa shape index (κ2) is 11.5. The highest BCUT2D eigenvalue weighted by atomic mass is 16.3. The second-order valence-electron chi connectivity index (χ2n) is 14.1. The molecule has 5 heteroatoms. The monoisotopic (exact) mass is 703 g/mol. The van der Waals surface area contributed by atoms with Crippen molar-refractivity contribution in [3.63, 3.8) is 0 Å². The molecule has 5 nitrogen and oxygen atoms in total. The molecule has 12 aromatic rings. The predicted octanol–water partition coefficient (Wildman–Crippen LogP) is 13.5. The summed E-state index contributed by atoms with van der Waals surface area (Å²) in [5.74, 6) is 0.572. The van der Waals surface area contributed by atoms with Crippen molar-refractivity contribution in [3.8, 4) is 39.5 Å². The molecule has 8 aromatic carbocycles. The van der Waals surface area contributed by atoms with Gasteiger partial charge < -0.3 is 13.4 Å². The van der Waals surface area contributed by atoms with Crippen LogP contribution in [0.1, 0.15) is 0 Å². The van der Waals surface area contributed by atoms with Gasteiger partial charge in [0, 0.05) is 27.1 Å². The number of para-hydroxylation sites is 2. The van der Waals surface area contributed by atoms with Crippen molar-refractivity contribution < 1.29 is 8.83 Å². The lowest BCUT2D eigenvalue weighted by Gasteiger charge is -2.12. The Morgan fingerprint density at radius 1 is 0.418 bits per heavy atom. The lowest BCUT2D eigenvalue weighted by Crippen LogP contribution is -1.98. The molecule has 4 heterocycles. The molecule has 0 aliphatic heterocycles. The van der Waals surface area contributed by atoms with Gasteiger partial charge in [-0.25, -0.2) is 9.97 Å². The van der Waals surface area contributed by atoms with E-state index < -0.39 is 0 Å². The van der Waals surface area contributed by atoms with Crippen molar-refractivity contribution in [2.24, 2.45) is 0 Å². The zero-order valence-electron chi connectivity index (χ0n) is 29.4. The van der Waals surface area contributed by atoms with Gasteiger partial charge in [-0.05, 0) is 70.4 Å². The van der Waals surface area contributed by atoms with Crippen LogP contribution in [0.15, 0.2) is 185 Å². The van der Waals surface area contributed by atoms with Gasteiger partial charge in [0.2, 0.25) is 0 Å². The van der Waals surface area contributed by atoms with Gasteiger partial charge in [-0.3, -0.25) is 0 Å². The van der Waals surface area contributed by atoms with Crippen molar-refractivity contribution in [1.82, 2.24) is 14.5 Å². The van der Waals surface area contributed by atoms with Crippen LogP contribution < -0.4 is 0 Å². The molecule has 0 saturated carbocycles. The average molecular weight is 704 g/mol. The molecule has 0 saturated heterocycles. The third kappa shape index (κ3) is 4.47. The van der Waals surface area contributed by atoms with Gasteiger partial charge in [0.1, 0.15) is 28.0 Å². The molecular formula is C50H29N3O2. The Balaban J connectivity index is 1.17. The molecule has 0 N–H and O–H groups in total. The van der Waals surface area contributed by atoms with E-state index in [1.54, 1.807) is 0 Å². The fourth-order valence-corrected chi connectivity index (χ4v) is 8.45. The highest BCUT2D eigenvalue weighted by molar-refractivity contribution is 6.18. The summed E-state index contributed by atoms with van der Waals surface area (Å²) in [7, 11) is 0. The Kier molecular flexibility index (Phi) is 6.27. The molecule has 12 rings (SSSR count). The molecule has 256 valence electrons. The Morgan fingerprint density at radius 2 is 1.09 bits per heavy atom. The van der Waals surface area contributed by atoms with Gasteiger partial charge in [0.05, 0.1) is 27.7 Å². The Bertz CT molecular complexity index is 3480. The van der Waals surface area contributed by atoms with Crippen molar-refractivity contribution in [2.75, 3.05) is 0 Å². The van der Waals surface area contributed by atoms with E-state index in [1.165, 1.54) is 21.5 Å². The van der Waals surface area contributed by atoms with Gasteiger partial charge in [0.15, 0.2) is 11.4 Å². The minimum atomic E-state index is 0.572. The van der Waals surface area contributed by atoms with E-state index in [0.29, 0.717) is 11.4 Å². The number of aromatic nitrogens is 3. The average Bonchev–Trinajstić information content (AvgIpc) is 3.92. The zero-order chi connectivity index (χ0) is 36.0. The number of fused-ring (bicyclic) bond motifs is 10. The number of nitrogens with zero attached hydrogens (tertiary/aromatic N) is 3. The lowest BCUT2D eigenvalue weighted by atomic mass is 10.0. The highest BCUT2D eigenvalue weighted by Gasteiger charge is 2.24. The SMILES string of the molecule is c1ccc(-c2ccc3oc4c(-c5ccccc5)nc(-c5ccc(-n6c7ccccc7c7cc8ccccc8cc76)c6c5oc5ccccc56)nc4c3c2)cc1. The number of hydrogen-bond donors (Lipinski definition) is 0. The summed E-state index contributed by atoms with van der Waals surface area (Å²) >= 11 is 0. The maximum atomic E-state index is 6.86. The van der Waals surface area contributed by atoms with E-state index in [-0.39, 0.29) is 0 Å². The molecule has 4 aromatic heterocycles. The van der Waals surface area contributed by atoms with E-state index in [9.17, 15) is 0 Å². The first-order valence-electron chi connectivity index (χ1n) is 18.5. The van der Waals surface area contributed by atoms with Gasteiger partial charge in [-0.2, -0.15) is 0 Å². The first-order valence-corrected chi connectivity index (χ1v) is 18.5. The van der Waals surface area contributed by atoms with Gasteiger partial charge in [-0.15, -0.1) is 0 Å². The predicted molar refractivity (Wildman–Crippen MR) is 225 cm³/mol. The summed E-state index contributed by atoms with van der Waals surface area (Å²) in [6, 6.07) is 61.4. The highest BCUT2D eigenvalue weighted by Crippen LogP contribution is 2.44. The molecule has 0 spiro atoms. The summed E-state index contributed by atoms with van der Waals surface area (Å²) in [5, 5.41) is 7.81. The van der Waals surface area contributed by atoms with Crippen LogP contribution >= 0.6 is 0 Å². The molecule has 0 bridgehead atoms. The maximum Gasteiger partial charge on any atom is 0.180 e. The standard InChI is InChI=1S/C50H29N3O2/c1-3-13-30(14-4-1)34-23-26-44-39(28-34)47-49(55-44)46(31-15-5-2-6-16-31)51-50(52-47)37-24-25-41(45-36-20-10-12-22-43(36)54-48(37)45)53-40-21-11-9-19-35(40)38-27-32-17-7-8-18-33(32)29-42(38)53/h1-29H. The molecule has 0 atom stereocenters. The molecule has 0 aliphatic rings. The minimum Gasteiger partial charge on any atom is -0.455 e. The quantitative estimate of drug-likeness (QED) is 0.183. The molecule has 0 fully saturated rings. The third-order valence-electron chi connectivity index (χ3n) is 11.0. The summed E-state index contributed by atoms with van der Waals surface area (Å²) in [4.78, 5) is 10.6. The van der Waals surface area contributed by atoms with Crippen LogP contribution in [0.25, 0.3) is 116 Å². The van der Waals surface area contributed by atoms with E-state index in [4.69, 9.17) is 18.8 Å². The first-order chi connectivity index (χ1) is 27.3. The smallest absolute Gasteiger partial charge is 0.180 e. The van der Waals surface area contributed by atoms with E-state index in [2.05, 4.69) is 138 Å². The van der Waals surface area contributed by atoms with Crippen LogP contribution in [0.4, 0.5) is 0 Å². The zero-order valence-corrected chi connectivity index (χ0v) is 29.4. The van der Waals surface area contributed by atoms with Crippen molar-refractivity contribution in [2.45, 2.75) is 0 Å². The van der Waals surface area contributed by atoms with E-state index in [1.807, 2.05) is 42.5 Å². The molecule has 0 radical (unpaired) electrons. The summed E-state index contributed by atoms with van der Waals surface area (Å²) < 4.78 is 15.8. The fourth-order valence-electron chi connectivity index (χ4n) is 8.45. The molecule has 0 aliphatic carbocycles. The first kappa shape index (κ1) is 30.0.